The molecule has 0 saturated carbocycles. The van der Waals surface area contributed by atoms with Crippen molar-refractivity contribution in [3.8, 4) is 6.07 Å². The molecule has 0 heterocycles. The fourth-order valence-electron chi connectivity index (χ4n) is 0.754. The largest absolute Gasteiger partial charge is 0.356 e. The monoisotopic (exact) mass is 181 g/mol. The lowest BCUT2D eigenvalue weighted by Gasteiger charge is -2.02. The molecule has 0 rings (SSSR count). The molecule has 0 saturated heterocycles. The molecule has 0 aliphatic rings. The van der Waals surface area contributed by atoms with Crippen molar-refractivity contribution in [1.82, 2.24) is 5.32 Å². The van der Waals surface area contributed by atoms with Crippen LogP contribution in [0, 0.1) is 16.2 Å². The van der Waals surface area contributed by atoms with Crippen LogP contribution < -0.4 is 5.32 Å². The number of carbonyl (C=O) groups excluding carboxylic acids is 1. The number of allylic oxidation sites excluding steroid dienone is 1. The first-order chi connectivity index (χ1) is 6.24. The van der Waals surface area contributed by atoms with E-state index in [1.165, 1.54) is 6.08 Å². The Morgan fingerprint density at radius 1 is 1.77 bits per heavy atom. The number of carbonyl (C=O) groups is 1. The summed E-state index contributed by atoms with van der Waals surface area (Å²) < 4.78 is 0. The van der Waals surface area contributed by atoms with Gasteiger partial charge >= 0.3 is 0 Å². The van der Waals surface area contributed by atoms with E-state index in [0.717, 1.165) is 6.08 Å². The first-order valence-electron chi connectivity index (χ1n) is 3.90. The third-order valence-electron chi connectivity index (χ3n) is 1.30. The molecule has 5 heteroatoms. The summed E-state index contributed by atoms with van der Waals surface area (Å²) in [5.74, 6) is -0.241. The minimum Gasteiger partial charge on any atom is -0.356 e. The van der Waals surface area contributed by atoms with Crippen molar-refractivity contribution in [2.45, 2.75) is 19.4 Å². The Morgan fingerprint density at radius 2 is 2.46 bits per heavy atom. The summed E-state index contributed by atoms with van der Waals surface area (Å²) in [6.45, 7) is 2.30. The first-order valence-corrected chi connectivity index (χ1v) is 3.90. The Bertz CT molecular complexity index is 242. The van der Waals surface area contributed by atoms with Gasteiger partial charge in [-0.1, -0.05) is 5.18 Å². The van der Waals surface area contributed by atoms with Crippen LogP contribution in [0.5, 0.6) is 0 Å². The van der Waals surface area contributed by atoms with E-state index in [1.807, 2.05) is 0 Å². The second kappa shape index (κ2) is 6.98. The predicted octanol–water partition coefficient (Wildman–Crippen LogP) is 0.727. The molecule has 1 atom stereocenters. The SMILES string of the molecule is CCNC(=O)CC(/C=C/C#N)N=O. The molecule has 70 valence electrons. The van der Waals surface area contributed by atoms with Crippen LogP contribution >= 0.6 is 0 Å². The van der Waals surface area contributed by atoms with Gasteiger partial charge in [0, 0.05) is 12.6 Å². The lowest BCUT2D eigenvalue weighted by molar-refractivity contribution is -0.121. The van der Waals surface area contributed by atoms with E-state index in [-0.39, 0.29) is 12.3 Å². The summed E-state index contributed by atoms with van der Waals surface area (Å²) in [4.78, 5) is 21.1. The van der Waals surface area contributed by atoms with E-state index in [4.69, 9.17) is 5.26 Å². The van der Waals surface area contributed by atoms with Gasteiger partial charge in [0.15, 0.2) is 0 Å². The molecule has 5 nitrogen and oxygen atoms in total. The Kier molecular flexibility index (Phi) is 6.06. The number of rotatable bonds is 5. The van der Waals surface area contributed by atoms with Crippen molar-refractivity contribution in [2.24, 2.45) is 5.18 Å². The van der Waals surface area contributed by atoms with Gasteiger partial charge in [0.1, 0.15) is 6.04 Å². The average molecular weight is 181 g/mol. The summed E-state index contributed by atoms with van der Waals surface area (Å²) in [5.41, 5.74) is 0. The van der Waals surface area contributed by atoms with Crippen molar-refractivity contribution in [3.63, 3.8) is 0 Å². The fraction of sp³-hybridized carbons (Fsp3) is 0.500. The van der Waals surface area contributed by atoms with Crippen molar-refractivity contribution in [2.75, 3.05) is 6.54 Å². The molecule has 0 radical (unpaired) electrons. The van der Waals surface area contributed by atoms with Gasteiger partial charge in [-0.15, -0.1) is 0 Å². The number of nitriles is 1. The van der Waals surface area contributed by atoms with Gasteiger partial charge in [-0.25, -0.2) is 0 Å². The molecule has 1 amide bonds. The third kappa shape index (κ3) is 5.56. The molecule has 13 heavy (non-hydrogen) atoms. The van der Waals surface area contributed by atoms with E-state index < -0.39 is 6.04 Å². The fourth-order valence-corrected chi connectivity index (χ4v) is 0.754. The number of nitrogens with zero attached hydrogens (tertiary/aromatic N) is 2. The lowest BCUT2D eigenvalue weighted by Crippen LogP contribution is -2.25. The molecule has 0 spiro atoms. The molecule has 1 N–H and O–H groups in total. The van der Waals surface area contributed by atoms with Gasteiger partial charge in [-0.2, -0.15) is 10.2 Å². The molecule has 0 fully saturated rings. The van der Waals surface area contributed by atoms with E-state index in [1.54, 1.807) is 13.0 Å². The van der Waals surface area contributed by atoms with Crippen molar-refractivity contribution < 1.29 is 4.79 Å². The highest BCUT2D eigenvalue weighted by Gasteiger charge is 2.09. The Hall–Kier alpha value is -1.70. The predicted molar refractivity (Wildman–Crippen MR) is 47.6 cm³/mol. The second-order valence-corrected chi connectivity index (χ2v) is 2.32. The summed E-state index contributed by atoms with van der Waals surface area (Å²) in [7, 11) is 0. The van der Waals surface area contributed by atoms with Crippen LogP contribution in [0.4, 0.5) is 0 Å². The van der Waals surface area contributed by atoms with Gasteiger partial charge < -0.3 is 5.32 Å². The molecule has 1 unspecified atom stereocenters. The molecule has 0 aliphatic heterocycles. The third-order valence-corrected chi connectivity index (χ3v) is 1.30. The Labute approximate surface area is 76.4 Å². The van der Waals surface area contributed by atoms with Crippen molar-refractivity contribution >= 4 is 5.91 Å². The number of hydrogen-bond donors (Lipinski definition) is 1. The van der Waals surface area contributed by atoms with E-state index in [9.17, 15) is 9.70 Å². The maximum atomic E-state index is 10.9. The van der Waals surface area contributed by atoms with Gasteiger partial charge in [-0.3, -0.25) is 4.79 Å². The van der Waals surface area contributed by atoms with Crippen LogP contribution in [0.2, 0.25) is 0 Å². The van der Waals surface area contributed by atoms with Crippen LogP contribution in [-0.4, -0.2) is 18.5 Å². The Balaban J connectivity index is 3.99. The molecule has 0 aromatic carbocycles. The number of nitrogens with one attached hydrogen (secondary N) is 1. The van der Waals surface area contributed by atoms with E-state index in [0.29, 0.717) is 6.54 Å². The molecule has 0 aliphatic carbocycles. The quantitative estimate of drug-likeness (QED) is 0.501. The maximum absolute atomic E-state index is 10.9. The van der Waals surface area contributed by atoms with Crippen LogP contribution in [-0.2, 0) is 4.79 Å². The molecule has 0 bridgehead atoms. The molecular weight excluding hydrogens is 170 g/mol. The summed E-state index contributed by atoms with van der Waals surface area (Å²) in [5, 5.41) is 13.4. The van der Waals surface area contributed by atoms with Gasteiger partial charge in [0.2, 0.25) is 5.91 Å². The second-order valence-electron chi connectivity index (χ2n) is 2.32. The standard InChI is InChI=1S/C8H11N3O2/c1-2-10-8(12)6-7(11-13)4-3-5-9/h3-4,7H,2,6H2,1H3,(H,10,12)/b4-3+. The summed E-state index contributed by atoms with van der Waals surface area (Å²) in [6, 6.07) is 0.982. The number of amides is 1. The van der Waals surface area contributed by atoms with E-state index >= 15 is 0 Å². The van der Waals surface area contributed by atoms with Gasteiger partial charge in [-0.05, 0) is 13.0 Å². The number of nitroso groups, excluding NO2 is 1. The zero-order valence-corrected chi connectivity index (χ0v) is 7.36. The zero-order valence-electron chi connectivity index (χ0n) is 7.36. The van der Waals surface area contributed by atoms with Crippen molar-refractivity contribution in [3.05, 3.63) is 17.1 Å². The van der Waals surface area contributed by atoms with Crippen LogP contribution in [0.3, 0.4) is 0 Å². The lowest BCUT2D eigenvalue weighted by atomic mass is 10.2. The highest BCUT2D eigenvalue weighted by molar-refractivity contribution is 5.76. The smallest absolute Gasteiger partial charge is 0.222 e. The normalized spacial score (nSPS) is 12.0. The molecular formula is C8H11N3O2. The zero-order chi connectivity index (χ0) is 10.1. The average Bonchev–Trinajstić information content (AvgIpc) is 2.12. The van der Waals surface area contributed by atoms with Crippen LogP contribution in [0.15, 0.2) is 17.3 Å². The highest BCUT2D eigenvalue weighted by atomic mass is 16.3. The van der Waals surface area contributed by atoms with Crippen molar-refractivity contribution in [1.29, 1.82) is 5.26 Å². The number of hydrogen-bond acceptors (Lipinski definition) is 4. The summed E-state index contributed by atoms with van der Waals surface area (Å²) >= 11 is 0. The topological polar surface area (TPSA) is 82.3 Å². The van der Waals surface area contributed by atoms with Gasteiger partial charge in [0.05, 0.1) is 12.5 Å². The minimum absolute atomic E-state index is 0.00444. The Morgan fingerprint density at radius 3 is 2.92 bits per heavy atom. The first kappa shape index (κ1) is 11.3. The molecule has 0 aromatic rings. The van der Waals surface area contributed by atoms with Crippen LogP contribution in [0.25, 0.3) is 0 Å². The summed E-state index contributed by atoms with van der Waals surface area (Å²) in [6.07, 6.45) is 2.45. The van der Waals surface area contributed by atoms with Crippen LogP contribution in [0.1, 0.15) is 13.3 Å². The maximum Gasteiger partial charge on any atom is 0.222 e. The van der Waals surface area contributed by atoms with E-state index in [2.05, 4.69) is 10.5 Å². The highest BCUT2D eigenvalue weighted by Crippen LogP contribution is 1.99. The molecule has 0 aromatic heterocycles. The van der Waals surface area contributed by atoms with Gasteiger partial charge in [0.25, 0.3) is 0 Å². The minimum atomic E-state index is -0.744.